The molecule has 0 unspecified atom stereocenters. The lowest BCUT2D eigenvalue weighted by atomic mass is 10.0. The molecule has 20 heavy (non-hydrogen) atoms. The number of fused-ring (bicyclic) bond motifs is 1. The molecule has 0 fully saturated rings. The highest BCUT2D eigenvalue weighted by molar-refractivity contribution is 7.16. The zero-order valence-corrected chi connectivity index (χ0v) is 12.2. The van der Waals surface area contributed by atoms with Gasteiger partial charge in [-0.2, -0.15) is 5.10 Å². The molecule has 0 saturated carbocycles. The molecule has 1 aliphatic rings. The number of carbonyl (C=O) groups excluding carboxylic acids is 1. The van der Waals surface area contributed by atoms with Gasteiger partial charge in [-0.3, -0.25) is 9.59 Å². The number of rotatable bonds is 2. The van der Waals surface area contributed by atoms with Gasteiger partial charge in [0, 0.05) is 18.2 Å². The Morgan fingerprint density at radius 2 is 2.35 bits per heavy atom. The Labute approximate surface area is 119 Å². The number of aryl methyl sites for hydroxylation is 1. The molecule has 6 heteroatoms. The van der Waals surface area contributed by atoms with Crippen molar-refractivity contribution < 1.29 is 4.79 Å². The van der Waals surface area contributed by atoms with Gasteiger partial charge in [-0.1, -0.05) is 6.92 Å². The first-order valence-electron chi connectivity index (χ1n) is 6.60. The average molecular weight is 289 g/mol. The number of hydrazone groups is 1. The van der Waals surface area contributed by atoms with Crippen molar-refractivity contribution in [3.63, 3.8) is 0 Å². The number of thiophene rings is 1. The van der Waals surface area contributed by atoms with E-state index in [2.05, 4.69) is 10.1 Å². The molecule has 5 nitrogen and oxygen atoms in total. The van der Waals surface area contributed by atoms with Crippen LogP contribution in [0.2, 0.25) is 0 Å². The van der Waals surface area contributed by atoms with E-state index in [9.17, 15) is 9.59 Å². The molecule has 0 aromatic carbocycles. The number of nitrogens with one attached hydrogen (secondary N) is 1. The fourth-order valence-corrected chi connectivity index (χ4v) is 3.35. The number of hydrogen-bond donors (Lipinski definition) is 1. The van der Waals surface area contributed by atoms with Crippen molar-refractivity contribution in [2.75, 3.05) is 6.54 Å². The smallest absolute Gasteiger partial charge is 0.258 e. The van der Waals surface area contributed by atoms with Crippen molar-refractivity contribution in [2.24, 2.45) is 5.10 Å². The molecule has 3 rings (SSSR count). The van der Waals surface area contributed by atoms with E-state index in [1.807, 2.05) is 25.3 Å². The number of aromatic nitrogens is 1. The maximum Gasteiger partial charge on any atom is 0.258 e. The Balaban J connectivity index is 2.11. The minimum atomic E-state index is -0.123. The van der Waals surface area contributed by atoms with Gasteiger partial charge in [0.15, 0.2) is 0 Å². The van der Waals surface area contributed by atoms with Gasteiger partial charge in [0.1, 0.15) is 4.83 Å². The van der Waals surface area contributed by atoms with Gasteiger partial charge < -0.3 is 4.98 Å². The molecule has 2 aromatic heterocycles. The average Bonchev–Trinajstić information content (AvgIpc) is 3.06. The number of amides is 1. The minimum absolute atomic E-state index is 0.00862. The first kappa shape index (κ1) is 13.1. The summed E-state index contributed by atoms with van der Waals surface area (Å²) in [6.45, 7) is 4.31. The molecule has 104 valence electrons. The Kier molecular flexibility index (Phi) is 3.17. The van der Waals surface area contributed by atoms with Crippen LogP contribution in [0.25, 0.3) is 10.2 Å². The highest BCUT2D eigenvalue weighted by Crippen LogP contribution is 2.24. The SMILES string of the molecule is CCC(=O)N1CCC(c2c(C)c3ccsc3[nH]c2=O)=N1. The van der Waals surface area contributed by atoms with Gasteiger partial charge in [-0.15, -0.1) is 11.3 Å². The molecule has 0 bridgehead atoms. The molecule has 1 N–H and O–H groups in total. The van der Waals surface area contributed by atoms with E-state index in [0.717, 1.165) is 15.8 Å². The predicted molar refractivity (Wildman–Crippen MR) is 80.3 cm³/mol. The van der Waals surface area contributed by atoms with E-state index in [1.165, 1.54) is 16.3 Å². The van der Waals surface area contributed by atoms with E-state index < -0.39 is 0 Å². The maximum absolute atomic E-state index is 12.3. The van der Waals surface area contributed by atoms with Gasteiger partial charge in [0.05, 0.1) is 17.8 Å². The summed E-state index contributed by atoms with van der Waals surface area (Å²) >= 11 is 1.52. The minimum Gasteiger partial charge on any atom is -0.313 e. The third-order valence-corrected chi connectivity index (χ3v) is 4.41. The number of pyridine rings is 1. The highest BCUT2D eigenvalue weighted by Gasteiger charge is 2.24. The number of nitrogens with zero attached hydrogens (tertiary/aromatic N) is 2. The standard InChI is InChI=1S/C14H15N3O2S/c1-3-11(18)17-6-4-10(16-17)12-8(2)9-5-7-20-14(9)15-13(12)19/h5,7H,3-4,6H2,1-2H3,(H,15,19). The molecule has 3 heterocycles. The molecule has 0 aliphatic carbocycles. The molecular formula is C14H15N3O2S. The van der Waals surface area contributed by atoms with E-state index >= 15 is 0 Å². The highest BCUT2D eigenvalue weighted by atomic mass is 32.1. The number of H-pyrrole nitrogens is 1. The third-order valence-electron chi connectivity index (χ3n) is 3.58. The van der Waals surface area contributed by atoms with E-state index in [0.29, 0.717) is 30.7 Å². The van der Waals surface area contributed by atoms with Crippen molar-refractivity contribution in [3.05, 3.63) is 32.9 Å². The van der Waals surface area contributed by atoms with Crippen LogP contribution in [0.3, 0.4) is 0 Å². The normalized spacial score (nSPS) is 14.9. The maximum atomic E-state index is 12.3. The van der Waals surface area contributed by atoms with Crippen LogP contribution in [0.4, 0.5) is 0 Å². The Bertz CT molecular complexity index is 772. The third kappa shape index (κ3) is 1.96. The second-order valence-corrected chi connectivity index (χ2v) is 5.70. The zero-order chi connectivity index (χ0) is 14.3. The summed E-state index contributed by atoms with van der Waals surface area (Å²) in [5, 5.41) is 8.80. The lowest BCUT2D eigenvalue weighted by Gasteiger charge is -2.08. The predicted octanol–water partition coefficient (Wildman–Crippen LogP) is 2.24. The fraction of sp³-hybridized carbons (Fsp3) is 0.357. The number of carbonyl (C=O) groups is 1. The monoisotopic (exact) mass is 289 g/mol. The lowest BCUT2D eigenvalue weighted by Crippen LogP contribution is -2.22. The quantitative estimate of drug-likeness (QED) is 0.921. The van der Waals surface area contributed by atoms with Gasteiger partial charge in [0.2, 0.25) is 5.91 Å². The summed E-state index contributed by atoms with van der Waals surface area (Å²) < 4.78 is 0. The van der Waals surface area contributed by atoms with Crippen LogP contribution < -0.4 is 5.56 Å². The van der Waals surface area contributed by atoms with Crippen molar-refractivity contribution in [2.45, 2.75) is 26.7 Å². The van der Waals surface area contributed by atoms with Crippen molar-refractivity contribution in [3.8, 4) is 0 Å². The van der Waals surface area contributed by atoms with E-state index in [-0.39, 0.29) is 11.5 Å². The van der Waals surface area contributed by atoms with Gasteiger partial charge in [-0.05, 0) is 23.9 Å². The van der Waals surface area contributed by atoms with Crippen molar-refractivity contribution in [1.29, 1.82) is 0 Å². The zero-order valence-electron chi connectivity index (χ0n) is 11.4. The van der Waals surface area contributed by atoms with Crippen LogP contribution >= 0.6 is 11.3 Å². The van der Waals surface area contributed by atoms with E-state index in [4.69, 9.17) is 0 Å². The van der Waals surface area contributed by atoms with Gasteiger partial charge >= 0.3 is 0 Å². The second-order valence-electron chi connectivity index (χ2n) is 4.78. The lowest BCUT2D eigenvalue weighted by molar-refractivity contribution is -0.130. The van der Waals surface area contributed by atoms with Crippen molar-refractivity contribution in [1.82, 2.24) is 9.99 Å². The van der Waals surface area contributed by atoms with Crippen LogP contribution in [0.5, 0.6) is 0 Å². The summed E-state index contributed by atoms with van der Waals surface area (Å²) in [5.74, 6) is -0.00862. The Morgan fingerprint density at radius 3 is 3.10 bits per heavy atom. The van der Waals surface area contributed by atoms with Crippen molar-refractivity contribution >= 4 is 33.2 Å². The van der Waals surface area contributed by atoms with Gasteiger partial charge in [0.25, 0.3) is 5.56 Å². The molecule has 0 spiro atoms. The first-order chi connectivity index (χ1) is 9.61. The number of hydrogen-bond acceptors (Lipinski definition) is 4. The molecular weight excluding hydrogens is 274 g/mol. The summed E-state index contributed by atoms with van der Waals surface area (Å²) in [6, 6.07) is 2.00. The Hall–Kier alpha value is -1.95. The fourth-order valence-electron chi connectivity index (χ4n) is 2.51. The largest absolute Gasteiger partial charge is 0.313 e. The van der Waals surface area contributed by atoms with Crippen LogP contribution in [0, 0.1) is 6.92 Å². The summed E-state index contributed by atoms with van der Waals surface area (Å²) in [6.07, 6.45) is 1.06. The summed E-state index contributed by atoms with van der Waals surface area (Å²) in [4.78, 5) is 27.7. The molecule has 0 atom stereocenters. The van der Waals surface area contributed by atoms with Gasteiger partial charge in [-0.25, -0.2) is 5.01 Å². The molecule has 2 aromatic rings. The summed E-state index contributed by atoms with van der Waals surface area (Å²) in [5.41, 5.74) is 2.14. The van der Waals surface area contributed by atoms with Crippen LogP contribution in [-0.4, -0.2) is 28.2 Å². The Morgan fingerprint density at radius 1 is 1.55 bits per heavy atom. The van der Waals surface area contributed by atoms with E-state index in [1.54, 1.807) is 0 Å². The van der Waals surface area contributed by atoms with Crippen LogP contribution in [0.1, 0.15) is 30.9 Å². The topological polar surface area (TPSA) is 65.5 Å². The molecule has 0 saturated heterocycles. The number of aromatic amines is 1. The first-order valence-corrected chi connectivity index (χ1v) is 7.48. The van der Waals surface area contributed by atoms with Crippen LogP contribution in [-0.2, 0) is 4.79 Å². The molecule has 0 radical (unpaired) electrons. The summed E-state index contributed by atoms with van der Waals surface area (Å²) in [7, 11) is 0. The molecule has 1 amide bonds. The van der Waals surface area contributed by atoms with Crippen LogP contribution in [0.15, 0.2) is 21.3 Å². The second kappa shape index (κ2) is 4.86. The molecule has 1 aliphatic heterocycles.